The predicted octanol–water partition coefficient (Wildman–Crippen LogP) is 0.174. The van der Waals surface area contributed by atoms with E-state index in [2.05, 4.69) is 6.58 Å². The van der Waals surface area contributed by atoms with Crippen LogP contribution in [0.2, 0.25) is 0 Å². The lowest BCUT2D eigenvalue weighted by atomic mass is 10.3. The van der Waals surface area contributed by atoms with Crippen molar-refractivity contribution in [2.75, 3.05) is 6.61 Å². The van der Waals surface area contributed by atoms with E-state index in [4.69, 9.17) is 9.29 Å². The summed E-state index contributed by atoms with van der Waals surface area (Å²) in [5.74, 6) is 0. The molecule has 0 bridgehead atoms. The first-order valence-electron chi connectivity index (χ1n) is 3.80. The molecule has 0 fully saturated rings. The average molecular weight is 210 g/mol. The van der Waals surface area contributed by atoms with Crippen LogP contribution >= 0.6 is 0 Å². The molecule has 78 valence electrons. The molecule has 0 saturated carbocycles. The van der Waals surface area contributed by atoms with E-state index in [1.165, 1.54) is 6.08 Å². The van der Waals surface area contributed by atoms with Crippen molar-refractivity contribution in [2.24, 2.45) is 0 Å². The fourth-order valence-electron chi connectivity index (χ4n) is 0.751. The molecule has 0 rings (SSSR count). The summed E-state index contributed by atoms with van der Waals surface area (Å²) >= 11 is 0. The van der Waals surface area contributed by atoms with Gasteiger partial charge >= 0.3 is 0 Å². The molecule has 5 nitrogen and oxygen atoms in total. The largest absolute Gasteiger partial charge is 0.389 e. The Labute approximate surface area is 77.8 Å². The van der Waals surface area contributed by atoms with Crippen LogP contribution in [0.15, 0.2) is 12.7 Å². The number of hydrogen-bond acceptors (Lipinski definition) is 4. The molecule has 6 heteroatoms. The fraction of sp³-hybridized carbons (Fsp3) is 0.714. The molecule has 0 aromatic rings. The van der Waals surface area contributed by atoms with Gasteiger partial charge < -0.3 is 9.84 Å². The van der Waals surface area contributed by atoms with E-state index >= 15 is 0 Å². The quantitative estimate of drug-likeness (QED) is 0.482. The lowest BCUT2D eigenvalue weighted by Gasteiger charge is -2.18. The molecule has 2 N–H and O–H groups in total. The summed E-state index contributed by atoms with van der Waals surface area (Å²) in [5, 5.41) is 9.18. The van der Waals surface area contributed by atoms with Gasteiger partial charge in [0.25, 0.3) is 10.1 Å². The van der Waals surface area contributed by atoms with Crippen molar-refractivity contribution in [2.45, 2.75) is 24.9 Å². The first kappa shape index (κ1) is 12.6. The number of ether oxygens (including phenoxy) is 1. The van der Waals surface area contributed by atoms with Gasteiger partial charge in [0.05, 0.1) is 12.7 Å². The van der Waals surface area contributed by atoms with Crippen molar-refractivity contribution in [3.8, 4) is 0 Å². The highest BCUT2D eigenvalue weighted by Gasteiger charge is 2.30. The van der Waals surface area contributed by atoms with Crippen LogP contribution in [-0.4, -0.2) is 36.2 Å². The highest BCUT2D eigenvalue weighted by atomic mass is 32.2. The highest BCUT2D eigenvalue weighted by molar-refractivity contribution is 7.86. The third-order valence-electron chi connectivity index (χ3n) is 1.40. The number of aliphatic hydroxyl groups excluding tert-OH is 1. The molecule has 0 radical (unpaired) electrons. The van der Waals surface area contributed by atoms with Gasteiger partial charge in [0.1, 0.15) is 0 Å². The molecular weight excluding hydrogens is 196 g/mol. The molecule has 0 aromatic carbocycles. The Morgan fingerprint density at radius 1 is 1.62 bits per heavy atom. The zero-order chi connectivity index (χ0) is 10.5. The molecule has 0 spiro atoms. The number of rotatable bonds is 6. The van der Waals surface area contributed by atoms with E-state index in [1.54, 1.807) is 6.92 Å². The van der Waals surface area contributed by atoms with Crippen molar-refractivity contribution in [3.63, 3.8) is 0 Å². The Hall–Kier alpha value is -0.430. The van der Waals surface area contributed by atoms with Gasteiger partial charge in [-0.25, -0.2) is 0 Å². The summed E-state index contributed by atoms with van der Waals surface area (Å²) in [7, 11) is -4.37. The zero-order valence-corrected chi connectivity index (χ0v) is 8.20. The van der Waals surface area contributed by atoms with Crippen molar-refractivity contribution in [3.05, 3.63) is 12.7 Å². The summed E-state index contributed by atoms with van der Waals surface area (Å²) in [6, 6.07) is 0. The van der Waals surface area contributed by atoms with E-state index in [0.29, 0.717) is 0 Å². The van der Waals surface area contributed by atoms with Gasteiger partial charge in [-0.15, -0.1) is 6.58 Å². The summed E-state index contributed by atoms with van der Waals surface area (Å²) in [6.45, 7) is 4.86. The minimum atomic E-state index is -4.37. The smallest absolute Gasteiger partial charge is 0.294 e. The average Bonchev–Trinajstić information content (AvgIpc) is 2.02. The monoisotopic (exact) mass is 210 g/mol. The third-order valence-corrected chi connectivity index (χ3v) is 2.44. The van der Waals surface area contributed by atoms with Crippen molar-refractivity contribution < 1.29 is 22.8 Å². The second kappa shape index (κ2) is 5.33. The van der Waals surface area contributed by atoms with Gasteiger partial charge in [0.15, 0.2) is 0 Å². The van der Waals surface area contributed by atoms with Crippen LogP contribution in [0.1, 0.15) is 13.3 Å². The SMILES string of the molecule is C=CCOC(C(O)CC)S(=O)(=O)O. The van der Waals surface area contributed by atoms with Crippen LogP contribution in [0.3, 0.4) is 0 Å². The topological polar surface area (TPSA) is 83.8 Å². The van der Waals surface area contributed by atoms with Gasteiger partial charge in [0.2, 0.25) is 5.44 Å². The molecule has 0 aliphatic heterocycles. The molecular formula is C7H14O5S. The molecule has 0 aliphatic carbocycles. The second-order valence-corrected chi connectivity index (χ2v) is 3.98. The Balaban J connectivity index is 4.46. The van der Waals surface area contributed by atoms with Crippen LogP contribution in [0, 0.1) is 0 Å². The summed E-state index contributed by atoms with van der Waals surface area (Å²) in [4.78, 5) is 0. The van der Waals surface area contributed by atoms with Crippen molar-refractivity contribution >= 4 is 10.1 Å². The minimum Gasteiger partial charge on any atom is -0.389 e. The lowest BCUT2D eigenvalue weighted by Crippen LogP contribution is -2.36. The minimum absolute atomic E-state index is 0.0402. The van der Waals surface area contributed by atoms with E-state index in [-0.39, 0.29) is 13.0 Å². The predicted molar refractivity (Wildman–Crippen MR) is 47.8 cm³/mol. The maximum atomic E-state index is 10.7. The Bertz CT molecular complexity index is 246. The molecule has 2 unspecified atom stereocenters. The maximum absolute atomic E-state index is 10.7. The molecule has 0 aliphatic rings. The van der Waals surface area contributed by atoms with E-state index in [0.717, 1.165) is 0 Å². The first-order valence-corrected chi connectivity index (χ1v) is 5.30. The summed E-state index contributed by atoms with van der Waals surface area (Å²) in [5.41, 5.74) is -1.59. The third kappa shape index (κ3) is 4.37. The van der Waals surface area contributed by atoms with Crippen molar-refractivity contribution in [1.82, 2.24) is 0 Å². The van der Waals surface area contributed by atoms with Gasteiger partial charge in [-0.05, 0) is 6.42 Å². The van der Waals surface area contributed by atoms with E-state index in [1.807, 2.05) is 0 Å². The molecule has 0 aromatic heterocycles. The van der Waals surface area contributed by atoms with E-state index in [9.17, 15) is 13.5 Å². The summed E-state index contributed by atoms with van der Waals surface area (Å²) in [6.07, 6.45) is 0.289. The van der Waals surface area contributed by atoms with Crippen LogP contribution in [0.25, 0.3) is 0 Å². The second-order valence-electron chi connectivity index (χ2n) is 2.48. The molecule has 13 heavy (non-hydrogen) atoms. The Morgan fingerprint density at radius 2 is 2.15 bits per heavy atom. The first-order chi connectivity index (χ1) is 5.93. The molecule has 0 saturated heterocycles. The van der Waals surface area contributed by atoms with Crippen molar-refractivity contribution in [1.29, 1.82) is 0 Å². The molecule has 2 atom stereocenters. The van der Waals surface area contributed by atoms with E-state index < -0.39 is 21.7 Å². The van der Waals surface area contributed by atoms with Crippen LogP contribution < -0.4 is 0 Å². The van der Waals surface area contributed by atoms with Crippen LogP contribution in [-0.2, 0) is 14.9 Å². The Kier molecular flexibility index (Phi) is 5.16. The summed E-state index contributed by atoms with van der Waals surface area (Å²) < 4.78 is 34.7. The van der Waals surface area contributed by atoms with Gasteiger partial charge in [-0.1, -0.05) is 13.0 Å². The fourth-order valence-corrected chi connectivity index (χ4v) is 1.59. The number of aliphatic hydroxyl groups is 1. The molecule has 0 amide bonds. The van der Waals surface area contributed by atoms with Gasteiger partial charge in [-0.3, -0.25) is 4.55 Å². The van der Waals surface area contributed by atoms with Crippen LogP contribution in [0.4, 0.5) is 0 Å². The molecule has 0 heterocycles. The van der Waals surface area contributed by atoms with Gasteiger partial charge in [-0.2, -0.15) is 8.42 Å². The van der Waals surface area contributed by atoms with Gasteiger partial charge in [0, 0.05) is 0 Å². The normalized spacial score (nSPS) is 16.5. The highest BCUT2D eigenvalue weighted by Crippen LogP contribution is 2.09. The zero-order valence-electron chi connectivity index (χ0n) is 7.38. The Morgan fingerprint density at radius 3 is 2.46 bits per heavy atom. The standard InChI is InChI=1S/C7H14O5S/c1-3-5-12-7(6(8)4-2)13(9,10)11/h3,6-8H,1,4-5H2,2H3,(H,9,10,11). The number of hydrogen-bond donors (Lipinski definition) is 2. The lowest BCUT2D eigenvalue weighted by molar-refractivity contribution is 0.0148. The maximum Gasteiger partial charge on any atom is 0.294 e. The van der Waals surface area contributed by atoms with Crippen LogP contribution in [0.5, 0.6) is 0 Å².